The maximum atomic E-state index is 12.7. The van der Waals surface area contributed by atoms with Crippen LogP contribution < -0.4 is 0 Å². The SMILES string of the molecule is CC.CC(=O)c1ccc(O)cc1.CCc1ccc(C(=O)CC(=O)c2cccc(C(F)(F)F)c2)cc1.CCc1ccc(C(C)=O)cc1.COC(=O)c1cccc(C(F)(F)F)c1.O=C(CC(=O)c1cccc(C(F)(F)F)c1)c1ccc(O)cc1.O=C(CC(=O)c1cccc(C(F)(F)F)c1)c1ccc(O)cc1. The van der Waals surface area contributed by atoms with E-state index in [0.717, 1.165) is 104 Å². The van der Waals surface area contributed by atoms with Crippen LogP contribution >= 0.6 is 0 Å². The molecule has 0 bridgehead atoms. The molecule has 0 fully saturated rings. The number of hydrogen-bond donors (Lipinski definition) is 3. The number of halogens is 12. The molecule has 25 heteroatoms. The quantitative estimate of drug-likeness (QED) is 0.0334. The topological polar surface area (TPSA) is 224 Å². The monoisotopic (exact) mass is 1450 g/mol. The molecular weight excluding hydrogens is 1380 g/mol. The molecule has 0 aliphatic carbocycles. The molecule has 0 aliphatic heterocycles. The summed E-state index contributed by atoms with van der Waals surface area (Å²) in [4.78, 5) is 104. The van der Waals surface area contributed by atoms with Crippen LogP contribution in [0.3, 0.4) is 0 Å². The lowest BCUT2D eigenvalue weighted by molar-refractivity contribution is -0.138. The van der Waals surface area contributed by atoms with Crippen molar-refractivity contribution in [2.75, 3.05) is 7.11 Å². The zero-order valence-electron chi connectivity index (χ0n) is 56.8. The Labute approximate surface area is 590 Å². The Kier molecular flexibility index (Phi) is 33.9. The molecule has 0 unspecified atom stereocenters. The minimum atomic E-state index is -4.54. The highest BCUT2D eigenvalue weighted by Crippen LogP contribution is 2.33. The predicted octanol–water partition coefficient (Wildman–Crippen LogP) is 20.0. The summed E-state index contributed by atoms with van der Waals surface area (Å²) in [5.41, 5.74) is 0.360. The third-order valence-electron chi connectivity index (χ3n) is 14.2. The molecule has 0 aliphatic rings. The number of Topliss-reactive ketones (excluding diaryl/α,β-unsaturated/α-hetero) is 8. The highest BCUT2D eigenvalue weighted by molar-refractivity contribution is 6.15. The van der Waals surface area contributed by atoms with Crippen LogP contribution in [0.4, 0.5) is 52.7 Å². The molecule has 0 saturated heterocycles. The third-order valence-corrected chi connectivity index (χ3v) is 14.2. The number of hydrogen-bond acceptors (Lipinski definition) is 13. The van der Waals surface area contributed by atoms with E-state index >= 15 is 0 Å². The van der Waals surface area contributed by atoms with Crippen LogP contribution in [-0.2, 0) is 42.3 Å². The minimum Gasteiger partial charge on any atom is -0.508 e. The van der Waals surface area contributed by atoms with Gasteiger partial charge in [0.05, 0.1) is 54.2 Å². The molecule has 0 atom stereocenters. The van der Waals surface area contributed by atoms with E-state index in [0.29, 0.717) is 11.1 Å². The third kappa shape index (κ3) is 29.5. The molecule has 9 aromatic rings. The number of rotatable bonds is 17. The van der Waals surface area contributed by atoms with Gasteiger partial charge in [-0.1, -0.05) is 119 Å². The first-order valence-electron chi connectivity index (χ1n) is 31.3. The minimum absolute atomic E-state index is 0.0139. The van der Waals surface area contributed by atoms with Crippen LogP contribution in [-0.4, -0.2) is 74.7 Å². The van der Waals surface area contributed by atoms with Crippen LogP contribution in [0.15, 0.2) is 218 Å². The van der Waals surface area contributed by atoms with Crippen LogP contribution in [0.2, 0.25) is 0 Å². The summed E-state index contributed by atoms with van der Waals surface area (Å²) in [5, 5.41) is 27.1. The Morgan fingerprint density at radius 2 is 0.500 bits per heavy atom. The van der Waals surface area contributed by atoms with Crippen molar-refractivity contribution in [2.45, 2.75) is 98.4 Å². The number of ketones is 8. The second-order valence-electron chi connectivity index (χ2n) is 21.7. The van der Waals surface area contributed by atoms with Gasteiger partial charge in [0.2, 0.25) is 0 Å². The number of phenols is 3. The zero-order valence-corrected chi connectivity index (χ0v) is 56.8. The van der Waals surface area contributed by atoms with Gasteiger partial charge in [-0.05, 0) is 165 Å². The molecule has 0 heterocycles. The molecule has 0 spiro atoms. The number of esters is 1. The number of ether oxygens (including phenoxy) is 1. The first-order chi connectivity index (χ1) is 48.7. The van der Waals surface area contributed by atoms with Crippen LogP contribution in [0.5, 0.6) is 17.2 Å². The number of phenolic OH excluding ortho intramolecular Hbond substituents is 3. The summed E-state index contributed by atoms with van der Waals surface area (Å²) in [6, 6.07) is 47.4. The van der Waals surface area contributed by atoms with Crippen molar-refractivity contribution in [1.82, 2.24) is 0 Å². The summed E-state index contributed by atoms with van der Waals surface area (Å²) in [5.74, 6) is -3.97. The van der Waals surface area contributed by atoms with E-state index in [1.807, 2.05) is 45.0 Å². The normalized spacial score (nSPS) is 10.7. The van der Waals surface area contributed by atoms with Crippen molar-refractivity contribution in [3.05, 3.63) is 302 Å². The summed E-state index contributed by atoms with van der Waals surface area (Å²) in [6.07, 6.45) is -17.7. The number of alkyl halides is 12. The number of aromatic hydroxyl groups is 3. The van der Waals surface area contributed by atoms with E-state index < -0.39 is 107 Å². The molecule has 9 aromatic carbocycles. The van der Waals surface area contributed by atoms with Gasteiger partial charge in [-0.2, -0.15) is 52.7 Å². The van der Waals surface area contributed by atoms with Gasteiger partial charge in [-0.25, -0.2) is 4.79 Å². The van der Waals surface area contributed by atoms with Gasteiger partial charge in [-0.15, -0.1) is 0 Å². The maximum absolute atomic E-state index is 12.7. The molecular formula is C79H70F12O13. The van der Waals surface area contributed by atoms with Gasteiger partial charge in [0.1, 0.15) is 17.2 Å². The summed E-state index contributed by atoms with van der Waals surface area (Å²) >= 11 is 0. The fraction of sp³-hybridized carbons (Fsp3) is 0.203. The maximum Gasteiger partial charge on any atom is 0.416 e. The van der Waals surface area contributed by atoms with Crippen molar-refractivity contribution in [3.8, 4) is 17.2 Å². The number of carbonyl (C=O) groups is 9. The Balaban J connectivity index is 0.000000331. The standard InChI is InChI=1S/C18H15F3O2.2C16H11F3O3.C10H12O.C9H7F3O2.C8H8O2.C2H6/c1-2-12-6-8-13(9-7-12)16(22)11-17(23)14-4-3-5-15(10-14)18(19,20)21;2*17-16(18,19)12-3-1-2-11(8-12)15(22)9-14(21)10-4-6-13(20)7-5-10;1-3-9-4-6-10(7-5-9)8(2)11;1-14-8(13)6-3-2-4-7(5-6)9(10,11)12;1-6(9)7-2-4-8(10)5-3-7;1-2/h3-10H,2,11H2,1H3;2*1-8,20H,9H2;4-7H,3H2,1-2H3;2-5H,1H3;2-5,10H,1H3;1-2H3. The second-order valence-corrected chi connectivity index (χ2v) is 21.7. The van der Waals surface area contributed by atoms with Gasteiger partial charge < -0.3 is 20.1 Å². The lowest BCUT2D eigenvalue weighted by Gasteiger charge is -2.08. The van der Waals surface area contributed by atoms with E-state index in [9.17, 15) is 95.8 Å². The van der Waals surface area contributed by atoms with E-state index in [1.54, 1.807) is 43.3 Å². The van der Waals surface area contributed by atoms with Gasteiger partial charge >= 0.3 is 30.7 Å². The zero-order chi connectivity index (χ0) is 78.3. The van der Waals surface area contributed by atoms with Gasteiger partial charge in [-0.3, -0.25) is 38.4 Å². The van der Waals surface area contributed by atoms with Gasteiger partial charge in [0, 0.05) is 44.5 Å². The van der Waals surface area contributed by atoms with Crippen LogP contribution in [0.1, 0.15) is 187 Å². The van der Waals surface area contributed by atoms with E-state index in [4.69, 9.17) is 15.3 Å². The fourth-order valence-corrected chi connectivity index (χ4v) is 8.49. The largest absolute Gasteiger partial charge is 0.508 e. The number of carbonyl (C=O) groups excluding carboxylic acids is 9. The number of aryl methyl sites for hydroxylation is 2. The van der Waals surface area contributed by atoms with Gasteiger partial charge in [0.15, 0.2) is 46.3 Å². The molecule has 0 amide bonds. The van der Waals surface area contributed by atoms with Crippen molar-refractivity contribution in [2.24, 2.45) is 0 Å². The summed E-state index contributed by atoms with van der Waals surface area (Å²) in [6.45, 7) is 11.2. The van der Waals surface area contributed by atoms with Crippen LogP contribution in [0, 0.1) is 0 Å². The summed E-state index contributed by atoms with van der Waals surface area (Å²) in [7, 11) is 1.11. The number of methoxy groups -OCH3 is 1. The Morgan fingerprint density at radius 3 is 0.721 bits per heavy atom. The van der Waals surface area contributed by atoms with Crippen molar-refractivity contribution in [1.29, 1.82) is 0 Å². The Morgan fingerprint density at radius 1 is 0.298 bits per heavy atom. The van der Waals surface area contributed by atoms with Crippen LogP contribution in [0.25, 0.3) is 0 Å². The molecule has 9 rings (SSSR count). The second kappa shape index (κ2) is 40.7. The van der Waals surface area contributed by atoms with E-state index in [2.05, 4.69) is 11.7 Å². The molecule has 548 valence electrons. The van der Waals surface area contributed by atoms with E-state index in [1.165, 1.54) is 97.4 Å². The van der Waals surface area contributed by atoms with Crippen molar-refractivity contribution < 1.29 is 116 Å². The van der Waals surface area contributed by atoms with Crippen molar-refractivity contribution >= 4 is 52.2 Å². The average Bonchev–Trinajstić information content (AvgIpc) is 0.864. The molecule has 3 N–H and O–H groups in total. The van der Waals surface area contributed by atoms with Gasteiger partial charge in [0.25, 0.3) is 0 Å². The Hall–Kier alpha value is -11.6. The highest BCUT2D eigenvalue weighted by Gasteiger charge is 2.34. The lowest BCUT2D eigenvalue weighted by atomic mass is 9.99. The highest BCUT2D eigenvalue weighted by atomic mass is 19.4. The average molecular weight is 1460 g/mol. The molecule has 0 aromatic heterocycles. The Bertz CT molecular complexity index is 4220. The molecule has 0 radical (unpaired) electrons. The van der Waals surface area contributed by atoms with Crippen molar-refractivity contribution in [3.63, 3.8) is 0 Å². The first kappa shape index (κ1) is 86.6. The number of benzene rings is 9. The first-order valence-corrected chi connectivity index (χ1v) is 31.3. The smallest absolute Gasteiger partial charge is 0.416 e. The lowest BCUT2D eigenvalue weighted by Crippen LogP contribution is -2.11. The molecule has 0 saturated carbocycles. The van der Waals surface area contributed by atoms with E-state index in [-0.39, 0.29) is 62.2 Å². The predicted molar refractivity (Wildman–Crippen MR) is 364 cm³/mol. The molecule has 13 nitrogen and oxygen atoms in total. The summed E-state index contributed by atoms with van der Waals surface area (Å²) < 4.78 is 154. The fourth-order valence-electron chi connectivity index (χ4n) is 8.49. The molecule has 104 heavy (non-hydrogen) atoms.